The van der Waals surface area contributed by atoms with Crippen LogP contribution in [0.3, 0.4) is 0 Å². The molecule has 8 nitrogen and oxygen atoms in total. The molecule has 4 rings (SSSR count). The van der Waals surface area contributed by atoms with Gasteiger partial charge < -0.3 is 19.9 Å². The summed E-state index contributed by atoms with van der Waals surface area (Å²) in [7, 11) is 3.93. The SMILES string of the molecule is Cc1cc(C)c2c(OCC(=O)Nc3cc(Cl)ccc3N3CCN(C)CC3)nn(C)c2n1. The number of hydrogen-bond donors (Lipinski definition) is 1. The van der Waals surface area contributed by atoms with E-state index in [1.165, 1.54) is 0 Å². The van der Waals surface area contributed by atoms with Gasteiger partial charge in [0.05, 0.1) is 16.8 Å². The zero-order chi connectivity index (χ0) is 22.1. The molecule has 3 heterocycles. The Morgan fingerprint density at radius 3 is 2.65 bits per heavy atom. The van der Waals surface area contributed by atoms with Crippen LogP contribution in [0.15, 0.2) is 24.3 Å². The maximum Gasteiger partial charge on any atom is 0.262 e. The number of piperazine rings is 1. The minimum atomic E-state index is -0.269. The lowest BCUT2D eigenvalue weighted by atomic mass is 10.2. The summed E-state index contributed by atoms with van der Waals surface area (Å²) in [5.41, 5.74) is 4.31. The second-order valence-corrected chi connectivity index (χ2v) is 8.43. The van der Waals surface area contributed by atoms with Gasteiger partial charge in [-0.3, -0.25) is 4.79 Å². The van der Waals surface area contributed by atoms with Crippen molar-refractivity contribution in [3.05, 3.63) is 40.5 Å². The number of anilines is 2. The fraction of sp³-hybridized carbons (Fsp3) is 0.409. The van der Waals surface area contributed by atoms with E-state index in [0.717, 1.165) is 54.2 Å². The molecule has 9 heteroatoms. The average molecular weight is 443 g/mol. The van der Waals surface area contributed by atoms with E-state index in [0.29, 0.717) is 16.6 Å². The van der Waals surface area contributed by atoms with Crippen LogP contribution in [0.2, 0.25) is 5.02 Å². The lowest BCUT2D eigenvalue weighted by molar-refractivity contribution is -0.118. The number of amides is 1. The number of aromatic nitrogens is 3. The quantitative estimate of drug-likeness (QED) is 0.654. The number of benzene rings is 1. The third-order valence-electron chi connectivity index (χ3n) is 5.50. The number of carbonyl (C=O) groups is 1. The molecule has 1 aliphatic rings. The highest BCUT2D eigenvalue weighted by Gasteiger charge is 2.20. The number of aryl methyl sites for hydroxylation is 3. The maximum atomic E-state index is 12.7. The highest BCUT2D eigenvalue weighted by molar-refractivity contribution is 6.31. The molecular formula is C22H27ClN6O2. The first-order chi connectivity index (χ1) is 14.8. The first-order valence-corrected chi connectivity index (χ1v) is 10.7. The van der Waals surface area contributed by atoms with Crippen LogP contribution in [-0.2, 0) is 11.8 Å². The minimum absolute atomic E-state index is 0.159. The predicted octanol–water partition coefficient (Wildman–Crippen LogP) is 3.01. The number of carbonyl (C=O) groups excluding carboxylic acids is 1. The van der Waals surface area contributed by atoms with Gasteiger partial charge in [-0.25, -0.2) is 9.67 Å². The van der Waals surface area contributed by atoms with Gasteiger partial charge in [-0.2, -0.15) is 0 Å². The number of hydrogen-bond acceptors (Lipinski definition) is 6. The summed E-state index contributed by atoms with van der Waals surface area (Å²) in [6.07, 6.45) is 0. The summed E-state index contributed by atoms with van der Waals surface area (Å²) in [4.78, 5) is 21.8. The topological polar surface area (TPSA) is 75.5 Å². The van der Waals surface area contributed by atoms with Gasteiger partial charge in [0, 0.05) is 43.9 Å². The largest absolute Gasteiger partial charge is 0.466 e. The van der Waals surface area contributed by atoms with Gasteiger partial charge in [-0.15, -0.1) is 5.10 Å². The Morgan fingerprint density at radius 1 is 1.16 bits per heavy atom. The second-order valence-electron chi connectivity index (χ2n) is 8.00. The van der Waals surface area contributed by atoms with Crippen molar-refractivity contribution in [1.29, 1.82) is 0 Å². The van der Waals surface area contributed by atoms with E-state index in [2.05, 4.69) is 32.2 Å². The summed E-state index contributed by atoms with van der Waals surface area (Å²) < 4.78 is 7.46. The van der Waals surface area contributed by atoms with Crippen LogP contribution in [0.1, 0.15) is 11.3 Å². The molecule has 164 valence electrons. The van der Waals surface area contributed by atoms with Crippen molar-refractivity contribution in [2.24, 2.45) is 7.05 Å². The second kappa shape index (κ2) is 8.72. The number of rotatable bonds is 5. The molecule has 1 amide bonds. The maximum absolute atomic E-state index is 12.7. The Labute approximate surface area is 186 Å². The standard InChI is InChI=1S/C22H27ClN6O2/c1-14-11-15(2)24-21-20(14)22(26-28(21)4)31-13-19(30)25-17-12-16(23)5-6-18(17)29-9-7-27(3)8-10-29/h5-6,11-12H,7-10,13H2,1-4H3,(H,25,30). The first kappa shape index (κ1) is 21.4. The molecule has 0 aliphatic carbocycles. The van der Waals surface area contributed by atoms with Gasteiger partial charge in [0.15, 0.2) is 12.3 Å². The van der Waals surface area contributed by atoms with E-state index in [4.69, 9.17) is 16.3 Å². The molecular weight excluding hydrogens is 416 g/mol. The fourth-order valence-corrected chi connectivity index (χ4v) is 4.07. The van der Waals surface area contributed by atoms with E-state index in [1.807, 2.05) is 39.1 Å². The molecule has 1 aromatic carbocycles. The van der Waals surface area contributed by atoms with E-state index < -0.39 is 0 Å². The van der Waals surface area contributed by atoms with Gasteiger partial charge in [0.2, 0.25) is 5.88 Å². The van der Waals surface area contributed by atoms with Gasteiger partial charge in [0.25, 0.3) is 5.91 Å². The summed E-state index contributed by atoms with van der Waals surface area (Å²) in [6.45, 7) is 7.49. The number of ether oxygens (including phenoxy) is 1. The molecule has 1 N–H and O–H groups in total. The van der Waals surface area contributed by atoms with E-state index in [9.17, 15) is 4.79 Å². The molecule has 0 saturated carbocycles. The van der Waals surface area contributed by atoms with Crippen molar-refractivity contribution in [2.45, 2.75) is 13.8 Å². The molecule has 1 aliphatic heterocycles. The van der Waals surface area contributed by atoms with Gasteiger partial charge in [-0.1, -0.05) is 11.6 Å². The number of fused-ring (bicyclic) bond motifs is 1. The van der Waals surface area contributed by atoms with Crippen LogP contribution >= 0.6 is 11.6 Å². The molecule has 31 heavy (non-hydrogen) atoms. The summed E-state index contributed by atoms with van der Waals surface area (Å²) >= 11 is 6.20. The molecule has 1 fully saturated rings. The Bertz CT molecular complexity index is 1120. The predicted molar refractivity (Wildman–Crippen MR) is 123 cm³/mol. The van der Waals surface area contributed by atoms with Crippen LogP contribution in [-0.4, -0.2) is 65.4 Å². The number of nitrogens with zero attached hydrogens (tertiary/aromatic N) is 5. The number of halogens is 1. The third-order valence-corrected chi connectivity index (χ3v) is 5.74. The molecule has 0 atom stereocenters. The summed E-state index contributed by atoms with van der Waals surface area (Å²) in [6, 6.07) is 7.55. The molecule has 0 spiro atoms. The fourth-order valence-electron chi connectivity index (χ4n) is 3.90. The van der Waals surface area contributed by atoms with E-state index in [-0.39, 0.29) is 12.5 Å². The van der Waals surface area contributed by atoms with Crippen molar-refractivity contribution in [3.8, 4) is 5.88 Å². The van der Waals surface area contributed by atoms with Crippen molar-refractivity contribution in [3.63, 3.8) is 0 Å². The normalized spacial score (nSPS) is 14.8. The Kier molecular flexibility index (Phi) is 6.02. The molecule has 0 radical (unpaired) electrons. The Hall–Kier alpha value is -2.84. The van der Waals surface area contributed by atoms with Crippen molar-refractivity contribution >= 4 is 39.9 Å². The highest BCUT2D eigenvalue weighted by Crippen LogP contribution is 2.30. The smallest absolute Gasteiger partial charge is 0.262 e. The van der Waals surface area contributed by atoms with Crippen molar-refractivity contribution in [1.82, 2.24) is 19.7 Å². The average Bonchev–Trinajstić information content (AvgIpc) is 3.03. The Balaban J connectivity index is 1.49. The summed E-state index contributed by atoms with van der Waals surface area (Å²) in [5, 5.41) is 8.75. The number of nitrogens with one attached hydrogen (secondary N) is 1. The van der Waals surface area contributed by atoms with E-state index in [1.54, 1.807) is 10.7 Å². The Morgan fingerprint density at radius 2 is 1.90 bits per heavy atom. The number of likely N-dealkylation sites (N-methyl/N-ethyl adjacent to an activating group) is 1. The zero-order valence-corrected chi connectivity index (χ0v) is 19.0. The van der Waals surface area contributed by atoms with Crippen molar-refractivity contribution in [2.75, 3.05) is 50.1 Å². The number of pyridine rings is 1. The minimum Gasteiger partial charge on any atom is -0.466 e. The molecule has 1 saturated heterocycles. The molecule has 0 bridgehead atoms. The van der Waals surface area contributed by atoms with Crippen molar-refractivity contribution < 1.29 is 9.53 Å². The van der Waals surface area contributed by atoms with E-state index >= 15 is 0 Å². The van der Waals surface area contributed by atoms with Crippen LogP contribution in [0.5, 0.6) is 5.88 Å². The zero-order valence-electron chi connectivity index (χ0n) is 18.3. The molecule has 2 aromatic heterocycles. The third kappa shape index (κ3) is 4.60. The highest BCUT2D eigenvalue weighted by atomic mass is 35.5. The van der Waals surface area contributed by atoms with Crippen LogP contribution < -0.4 is 15.0 Å². The lowest BCUT2D eigenvalue weighted by Gasteiger charge is -2.35. The van der Waals surface area contributed by atoms with Gasteiger partial charge in [-0.05, 0) is 50.7 Å². The van der Waals surface area contributed by atoms with Crippen LogP contribution in [0.25, 0.3) is 11.0 Å². The van der Waals surface area contributed by atoms with Gasteiger partial charge in [0.1, 0.15) is 0 Å². The molecule has 0 unspecified atom stereocenters. The molecule has 3 aromatic rings. The van der Waals surface area contributed by atoms with Gasteiger partial charge >= 0.3 is 0 Å². The first-order valence-electron chi connectivity index (χ1n) is 10.3. The lowest BCUT2D eigenvalue weighted by Crippen LogP contribution is -2.44. The summed E-state index contributed by atoms with van der Waals surface area (Å²) in [5.74, 6) is 0.136. The van der Waals surface area contributed by atoms with Crippen LogP contribution in [0, 0.1) is 13.8 Å². The van der Waals surface area contributed by atoms with Crippen LogP contribution in [0.4, 0.5) is 11.4 Å². The monoisotopic (exact) mass is 442 g/mol.